The van der Waals surface area contributed by atoms with Gasteiger partial charge in [0.25, 0.3) is 0 Å². The van der Waals surface area contributed by atoms with Crippen molar-refractivity contribution in [1.29, 1.82) is 0 Å². The molecule has 1 aromatic heterocycles. The summed E-state index contributed by atoms with van der Waals surface area (Å²) < 4.78 is 6.09. The van der Waals surface area contributed by atoms with E-state index in [0.29, 0.717) is 6.04 Å². The van der Waals surface area contributed by atoms with Gasteiger partial charge < -0.3 is 10.1 Å². The first-order valence-electron chi connectivity index (χ1n) is 5.17. The van der Waals surface area contributed by atoms with Crippen LogP contribution >= 0.6 is 15.9 Å². The summed E-state index contributed by atoms with van der Waals surface area (Å²) in [4.78, 5) is 4.19. The smallest absolute Gasteiger partial charge is 0.129 e. The lowest BCUT2D eigenvalue weighted by Crippen LogP contribution is -2.27. The van der Waals surface area contributed by atoms with Crippen LogP contribution in [-0.4, -0.2) is 24.7 Å². The summed E-state index contributed by atoms with van der Waals surface area (Å²) in [6.07, 6.45) is 4.38. The van der Waals surface area contributed by atoms with Gasteiger partial charge in [0.2, 0.25) is 0 Å². The second-order valence-corrected chi connectivity index (χ2v) is 4.64. The third-order valence-corrected chi connectivity index (χ3v) is 3.27. The first-order chi connectivity index (χ1) is 7.31. The van der Waals surface area contributed by atoms with Gasteiger partial charge >= 0.3 is 0 Å². The summed E-state index contributed by atoms with van der Waals surface area (Å²) in [5.41, 5.74) is 1.05. The van der Waals surface area contributed by atoms with Gasteiger partial charge in [0.15, 0.2) is 0 Å². The molecular weight excluding hydrogens is 256 g/mol. The van der Waals surface area contributed by atoms with Crippen molar-refractivity contribution in [3.05, 3.63) is 22.9 Å². The van der Waals surface area contributed by atoms with Crippen molar-refractivity contribution in [1.82, 2.24) is 4.98 Å². The van der Waals surface area contributed by atoms with E-state index < -0.39 is 0 Å². The molecule has 1 aliphatic carbocycles. The zero-order valence-corrected chi connectivity index (χ0v) is 10.3. The van der Waals surface area contributed by atoms with Crippen LogP contribution in [0.5, 0.6) is 0 Å². The molecule has 0 radical (unpaired) electrons. The molecule has 1 saturated carbocycles. The Kier molecular flexibility index (Phi) is 3.59. The minimum atomic E-state index is 0.412. The Morgan fingerprint density at radius 3 is 3.07 bits per heavy atom. The SMILES string of the molecule is COCC(Nc1cccnc1Br)C1CC1. The summed E-state index contributed by atoms with van der Waals surface area (Å²) in [6, 6.07) is 4.38. The fourth-order valence-corrected chi connectivity index (χ4v) is 2.03. The van der Waals surface area contributed by atoms with Crippen LogP contribution in [0.1, 0.15) is 12.8 Å². The predicted octanol–water partition coefficient (Wildman–Crippen LogP) is 2.68. The van der Waals surface area contributed by atoms with E-state index in [1.54, 1.807) is 13.3 Å². The Bertz CT molecular complexity index is 328. The number of pyridine rings is 1. The molecule has 4 heteroatoms. The summed E-state index contributed by atoms with van der Waals surface area (Å²) in [7, 11) is 1.75. The van der Waals surface area contributed by atoms with E-state index in [4.69, 9.17) is 4.74 Å². The highest BCUT2D eigenvalue weighted by molar-refractivity contribution is 9.10. The molecule has 1 aromatic rings. The fraction of sp³-hybridized carbons (Fsp3) is 0.545. The van der Waals surface area contributed by atoms with Crippen LogP contribution in [-0.2, 0) is 4.74 Å². The van der Waals surface area contributed by atoms with Gasteiger partial charge in [0.05, 0.1) is 18.3 Å². The molecule has 2 rings (SSSR count). The van der Waals surface area contributed by atoms with Crippen LogP contribution in [0.25, 0.3) is 0 Å². The van der Waals surface area contributed by atoms with E-state index in [1.165, 1.54) is 12.8 Å². The van der Waals surface area contributed by atoms with E-state index in [-0.39, 0.29) is 0 Å². The quantitative estimate of drug-likeness (QED) is 0.836. The molecule has 1 heterocycles. The normalized spacial score (nSPS) is 17.5. The zero-order valence-electron chi connectivity index (χ0n) is 8.74. The Balaban J connectivity index is 2.02. The van der Waals surface area contributed by atoms with Crippen molar-refractivity contribution in [2.24, 2.45) is 5.92 Å². The predicted molar refractivity (Wildman–Crippen MR) is 63.9 cm³/mol. The first kappa shape index (κ1) is 10.9. The Labute approximate surface area is 98.4 Å². The van der Waals surface area contributed by atoms with Crippen molar-refractivity contribution < 1.29 is 4.74 Å². The highest BCUT2D eigenvalue weighted by Gasteiger charge is 2.31. The second kappa shape index (κ2) is 4.94. The molecule has 0 bridgehead atoms. The van der Waals surface area contributed by atoms with Crippen LogP contribution in [0.4, 0.5) is 5.69 Å². The second-order valence-electron chi connectivity index (χ2n) is 3.89. The van der Waals surface area contributed by atoms with Gasteiger partial charge in [-0.25, -0.2) is 4.98 Å². The standard InChI is InChI=1S/C11H15BrN2O/c1-15-7-10(8-4-5-8)14-9-3-2-6-13-11(9)12/h2-3,6,8,10,14H,4-5,7H2,1H3. The van der Waals surface area contributed by atoms with E-state index in [2.05, 4.69) is 26.2 Å². The fourth-order valence-electron chi connectivity index (χ4n) is 1.67. The molecule has 0 saturated heterocycles. The van der Waals surface area contributed by atoms with Crippen molar-refractivity contribution in [3.8, 4) is 0 Å². The molecule has 1 N–H and O–H groups in total. The van der Waals surface area contributed by atoms with Gasteiger partial charge in [-0.05, 0) is 46.8 Å². The number of hydrogen-bond donors (Lipinski definition) is 1. The van der Waals surface area contributed by atoms with E-state index >= 15 is 0 Å². The van der Waals surface area contributed by atoms with Crippen LogP contribution in [0.3, 0.4) is 0 Å². The van der Waals surface area contributed by atoms with E-state index in [0.717, 1.165) is 22.8 Å². The van der Waals surface area contributed by atoms with Gasteiger partial charge in [0.1, 0.15) is 4.60 Å². The molecule has 3 nitrogen and oxygen atoms in total. The molecule has 82 valence electrons. The molecule has 15 heavy (non-hydrogen) atoms. The lowest BCUT2D eigenvalue weighted by molar-refractivity contribution is 0.179. The molecule has 0 spiro atoms. The monoisotopic (exact) mass is 270 g/mol. The van der Waals surface area contributed by atoms with Crippen molar-refractivity contribution in [2.75, 3.05) is 19.0 Å². The van der Waals surface area contributed by atoms with Gasteiger partial charge in [0, 0.05) is 13.3 Å². The highest BCUT2D eigenvalue weighted by atomic mass is 79.9. The first-order valence-corrected chi connectivity index (χ1v) is 5.96. The largest absolute Gasteiger partial charge is 0.383 e. The molecule has 0 aliphatic heterocycles. The number of rotatable bonds is 5. The lowest BCUT2D eigenvalue weighted by atomic mass is 10.2. The van der Waals surface area contributed by atoms with E-state index in [1.807, 2.05) is 12.1 Å². The Morgan fingerprint density at radius 1 is 1.67 bits per heavy atom. The maximum absolute atomic E-state index is 5.22. The highest BCUT2D eigenvalue weighted by Crippen LogP contribution is 2.35. The zero-order chi connectivity index (χ0) is 10.7. The van der Waals surface area contributed by atoms with E-state index in [9.17, 15) is 0 Å². The van der Waals surface area contributed by atoms with Crippen LogP contribution in [0.15, 0.2) is 22.9 Å². The van der Waals surface area contributed by atoms with Crippen LogP contribution < -0.4 is 5.32 Å². The molecule has 1 unspecified atom stereocenters. The molecule has 1 fully saturated rings. The summed E-state index contributed by atoms with van der Waals surface area (Å²) in [5, 5.41) is 3.48. The number of hydrogen-bond acceptors (Lipinski definition) is 3. The number of aromatic nitrogens is 1. The van der Waals surface area contributed by atoms with Gasteiger partial charge in [-0.1, -0.05) is 0 Å². The maximum atomic E-state index is 5.22. The molecule has 1 aliphatic rings. The average Bonchev–Trinajstić information content (AvgIpc) is 3.04. The lowest BCUT2D eigenvalue weighted by Gasteiger charge is -2.18. The number of ether oxygens (including phenoxy) is 1. The average molecular weight is 271 g/mol. The number of nitrogens with one attached hydrogen (secondary N) is 1. The molecular formula is C11H15BrN2O. The molecule has 0 amide bonds. The number of nitrogens with zero attached hydrogens (tertiary/aromatic N) is 1. The molecule has 0 aromatic carbocycles. The topological polar surface area (TPSA) is 34.1 Å². The number of methoxy groups -OCH3 is 1. The van der Waals surface area contributed by atoms with Crippen LogP contribution in [0, 0.1) is 5.92 Å². The molecule has 1 atom stereocenters. The maximum Gasteiger partial charge on any atom is 0.129 e. The Hall–Kier alpha value is -0.610. The summed E-state index contributed by atoms with van der Waals surface area (Å²) in [6.45, 7) is 0.756. The summed E-state index contributed by atoms with van der Waals surface area (Å²) in [5.74, 6) is 0.761. The third kappa shape index (κ3) is 2.92. The van der Waals surface area contributed by atoms with Gasteiger partial charge in [-0.3, -0.25) is 0 Å². The number of anilines is 1. The Morgan fingerprint density at radius 2 is 2.47 bits per heavy atom. The summed E-state index contributed by atoms with van der Waals surface area (Å²) >= 11 is 3.43. The minimum absolute atomic E-state index is 0.412. The third-order valence-electron chi connectivity index (χ3n) is 2.64. The van der Waals surface area contributed by atoms with Crippen LogP contribution in [0.2, 0.25) is 0 Å². The van der Waals surface area contributed by atoms with Crippen molar-refractivity contribution in [3.63, 3.8) is 0 Å². The number of halogens is 1. The minimum Gasteiger partial charge on any atom is -0.383 e. The van der Waals surface area contributed by atoms with Gasteiger partial charge in [-0.2, -0.15) is 0 Å². The van der Waals surface area contributed by atoms with Crippen molar-refractivity contribution in [2.45, 2.75) is 18.9 Å². The van der Waals surface area contributed by atoms with Gasteiger partial charge in [-0.15, -0.1) is 0 Å². The van der Waals surface area contributed by atoms with Crippen molar-refractivity contribution >= 4 is 21.6 Å².